The van der Waals surface area contributed by atoms with Gasteiger partial charge < -0.3 is 5.11 Å². The third-order valence-corrected chi connectivity index (χ3v) is 8.46. The van der Waals surface area contributed by atoms with Gasteiger partial charge in [-0.3, -0.25) is 24.1 Å². The van der Waals surface area contributed by atoms with Crippen LogP contribution in [0.1, 0.15) is 36.8 Å². The predicted molar refractivity (Wildman–Crippen MR) is 162 cm³/mol. The van der Waals surface area contributed by atoms with E-state index >= 15 is 0 Å². The Bertz CT molecular complexity index is 1950. The average Bonchev–Trinajstić information content (AvgIpc) is 3.39. The second-order valence-corrected chi connectivity index (χ2v) is 12.2. The summed E-state index contributed by atoms with van der Waals surface area (Å²) >= 11 is 13.9. The summed E-state index contributed by atoms with van der Waals surface area (Å²) in [5.74, 6) is -2.02. The lowest BCUT2D eigenvalue weighted by Gasteiger charge is -2.09. The second kappa shape index (κ2) is 10.3. The molecule has 2 aromatic carbocycles. The molecule has 0 aliphatic carbocycles. The lowest BCUT2D eigenvalue weighted by molar-refractivity contribution is -0.331. The van der Waals surface area contributed by atoms with Crippen LogP contribution < -0.4 is 0 Å². The third-order valence-electron chi connectivity index (χ3n) is 6.34. The molecule has 0 saturated heterocycles. The first-order valence-electron chi connectivity index (χ1n) is 11.5. The van der Waals surface area contributed by atoms with Crippen LogP contribution in [-0.2, 0) is 0 Å². The molecule has 0 radical (unpaired) electrons. The Labute approximate surface area is 259 Å². The molecule has 0 unspecified atom stereocenters. The molecular formula is C28H13Br4N4O4+. The van der Waals surface area contributed by atoms with Crippen molar-refractivity contribution in [2.24, 2.45) is 0 Å². The molecule has 196 valence electrons. The normalized spacial score (nSPS) is 12.8. The molecule has 12 heteroatoms. The van der Waals surface area contributed by atoms with E-state index in [0.717, 1.165) is 0 Å². The number of ketones is 1. The predicted octanol–water partition coefficient (Wildman–Crippen LogP) is 7.05. The fourth-order valence-corrected chi connectivity index (χ4v) is 7.51. The molecule has 3 aromatic heterocycles. The highest BCUT2D eigenvalue weighted by Crippen LogP contribution is 2.44. The number of pyridine rings is 2. The Hall–Kier alpha value is -3.32. The molecule has 1 aliphatic rings. The van der Waals surface area contributed by atoms with Crippen LogP contribution in [0.4, 0.5) is 5.69 Å². The molecule has 5 aromatic rings. The summed E-state index contributed by atoms with van der Waals surface area (Å²) in [5, 5.41) is 12.0. The van der Waals surface area contributed by atoms with E-state index in [-0.39, 0.29) is 39.5 Å². The van der Waals surface area contributed by atoms with Crippen LogP contribution in [-0.4, -0.2) is 47.5 Å². The summed E-state index contributed by atoms with van der Waals surface area (Å²) < 4.78 is 4.62. The van der Waals surface area contributed by atoms with Crippen molar-refractivity contribution in [3.63, 3.8) is 0 Å². The molecular weight excluding hydrogens is 776 g/mol. The smallest absolute Gasteiger partial charge is 0.427 e. The van der Waals surface area contributed by atoms with Crippen molar-refractivity contribution in [3.05, 3.63) is 114 Å². The summed E-state index contributed by atoms with van der Waals surface area (Å²) in [5.41, 5.74) is 0.907. The fourth-order valence-electron chi connectivity index (χ4n) is 4.70. The highest BCUT2D eigenvalue weighted by Gasteiger charge is 2.49. The van der Waals surface area contributed by atoms with E-state index in [1.807, 2.05) is 0 Å². The van der Waals surface area contributed by atoms with Crippen LogP contribution in [0.15, 0.2) is 91.2 Å². The number of carbonyl (C=O) groups is 3. The quantitative estimate of drug-likeness (QED) is 0.197. The van der Waals surface area contributed by atoms with Gasteiger partial charge in [-0.15, -0.1) is 4.58 Å². The Kier molecular flexibility index (Phi) is 6.89. The number of nitrogens with zero attached hydrogens (tertiary/aromatic N) is 4. The van der Waals surface area contributed by atoms with Crippen LogP contribution >= 0.6 is 63.7 Å². The van der Waals surface area contributed by atoms with Crippen LogP contribution in [0.25, 0.3) is 10.9 Å². The standard InChI is InChI=1S/C28H12Br4N4O4/c29-15-7-17-21(19(31)9-15)35(27(39)13-3-1-5-33-11-13)23(25(17)37)24-26(38)18-8-16(30)10-20(32)22(18)36(24)28(40)14-4-2-6-34-12-14/h1-12H/p+1. The van der Waals surface area contributed by atoms with Gasteiger partial charge in [0.25, 0.3) is 17.4 Å². The zero-order valence-electron chi connectivity index (χ0n) is 19.9. The van der Waals surface area contributed by atoms with E-state index in [4.69, 9.17) is 0 Å². The van der Waals surface area contributed by atoms with Crippen molar-refractivity contribution in [1.82, 2.24) is 14.5 Å². The van der Waals surface area contributed by atoms with E-state index in [0.29, 0.717) is 28.8 Å². The molecule has 40 heavy (non-hydrogen) atoms. The summed E-state index contributed by atoms with van der Waals surface area (Å²) in [4.78, 5) is 50.4. The first kappa shape index (κ1) is 26.9. The van der Waals surface area contributed by atoms with Crippen molar-refractivity contribution < 1.29 is 24.1 Å². The molecule has 0 atom stereocenters. The minimum Gasteiger partial charge on any atom is -0.505 e. The number of benzene rings is 2. The lowest BCUT2D eigenvalue weighted by atomic mass is 10.1. The summed E-state index contributed by atoms with van der Waals surface area (Å²) in [7, 11) is 0. The third kappa shape index (κ3) is 4.21. The number of aromatic nitrogens is 3. The number of amides is 1. The van der Waals surface area contributed by atoms with E-state index in [1.54, 1.807) is 48.5 Å². The van der Waals surface area contributed by atoms with E-state index in [9.17, 15) is 19.5 Å². The molecule has 6 rings (SSSR count). The molecule has 1 aliphatic heterocycles. The van der Waals surface area contributed by atoms with Gasteiger partial charge >= 0.3 is 5.91 Å². The first-order chi connectivity index (χ1) is 19.2. The maximum atomic E-state index is 14.2. The average molecular weight is 789 g/mol. The molecule has 4 heterocycles. The zero-order valence-corrected chi connectivity index (χ0v) is 26.2. The van der Waals surface area contributed by atoms with Gasteiger partial charge in [-0.25, -0.2) is 4.79 Å². The SMILES string of the molecule is O=C1C(c2c(O)c3cc(Br)cc(Br)c3n2C(=O)c2cccnc2)=[N+](C(=O)c2cccnc2)c2c(Br)cc(Br)cc21. The van der Waals surface area contributed by atoms with Crippen LogP contribution in [0.2, 0.25) is 0 Å². The maximum Gasteiger partial charge on any atom is 0.427 e. The van der Waals surface area contributed by atoms with Gasteiger partial charge in [0.15, 0.2) is 11.4 Å². The molecule has 0 spiro atoms. The largest absolute Gasteiger partial charge is 0.505 e. The summed E-state index contributed by atoms with van der Waals surface area (Å²) in [6.45, 7) is 0. The van der Waals surface area contributed by atoms with Gasteiger partial charge in [0.1, 0.15) is 11.1 Å². The van der Waals surface area contributed by atoms with E-state index < -0.39 is 17.6 Å². The first-order valence-corrected chi connectivity index (χ1v) is 14.7. The molecule has 0 bridgehead atoms. The minimum atomic E-state index is -0.566. The second-order valence-electron chi connectivity index (χ2n) is 8.71. The number of halogens is 4. The molecule has 0 saturated carbocycles. The Morgan fingerprint density at radius 1 is 0.850 bits per heavy atom. The Balaban J connectivity index is 1.77. The fraction of sp³-hybridized carbons (Fsp3) is 0. The summed E-state index contributed by atoms with van der Waals surface area (Å²) in [6.07, 6.45) is 5.84. The number of fused-ring (bicyclic) bond motifs is 2. The van der Waals surface area contributed by atoms with Gasteiger partial charge in [-0.2, -0.15) is 0 Å². The van der Waals surface area contributed by atoms with Gasteiger partial charge in [0.2, 0.25) is 5.69 Å². The van der Waals surface area contributed by atoms with Crippen molar-refractivity contribution in [3.8, 4) is 5.75 Å². The molecule has 8 nitrogen and oxygen atoms in total. The highest BCUT2D eigenvalue weighted by atomic mass is 79.9. The van der Waals surface area contributed by atoms with Gasteiger partial charge in [-0.05, 0) is 80.4 Å². The van der Waals surface area contributed by atoms with Crippen molar-refractivity contribution >= 4 is 104 Å². The summed E-state index contributed by atoms with van der Waals surface area (Å²) in [6, 6.07) is 13.0. The van der Waals surface area contributed by atoms with Crippen molar-refractivity contribution in [2.75, 3.05) is 0 Å². The number of carbonyl (C=O) groups excluding carboxylic acids is 3. The number of rotatable bonds is 3. The van der Waals surface area contributed by atoms with Crippen LogP contribution in [0.3, 0.4) is 0 Å². The van der Waals surface area contributed by atoms with Gasteiger partial charge in [0, 0.05) is 43.6 Å². The molecule has 0 fully saturated rings. The van der Waals surface area contributed by atoms with Crippen molar-refractivity contribution in [2.45, 2.75) is 0 Å². The van der Waals surface area contributed by atoms with Gasteiger partial charge in [-0.1, -0.05) is 31.9 Å². The maximum absolute atomic E-state index is 14.2. The Morgan fingerprint density at radius 3 is 2.12 bits per heavy atom. The highest BCUT2D eigenvalue weighted by molar-refractivity contribution is 9.11. The van der Waals surface area contributed by atoms with Crippen LogP contribution in [0.5, 0.6) is 5.75 Å². The van der Waals surface area contributed by atoms with Crippen molar-refractivity contribution in [1.29, 1.82) is 0 Å². The molecule has 1 N–H and O–H groups in total. The van der Waals surface area contributed by atoms with E-state index in [1.165, 1.54) is 33.9 Å². The Morgan fingerprint density at radius 2 is 1.48 bits per heavy atom. The number of hydrogen-bond acceptors (Lipinski definition) is 6. The monoisotopic (exact) mass is 785 g/mol. The number of aromatic hydroxyl groups is 1. The minimum absolute atomic E-state index is 0.135. The zero-order chi connectivity index (χ0) is 28.3. The number of hydrogen-bond donors (Lipinski definition) is 1. The van der Waals surface area contributed by atoms with Gasteiger partial charge in [0.05, 0.1) is 15.6 Å². The van der Waals surface area contributed by atoms with Crippen LogP contribution in [0, 0.1) is 0 Å². The van der Waals surface area contributed by atoms with E-state index in [2.05, 4.69) is 73.7 Å². The number of Topliss-reactive ketones (excluding diaryl/α,β-unsaturated/α-hetero) is 1. The molecule has 1 amide bonds. The lowest BCUT2D eigenvalue weighted by Crippen LogP contribution is -2.29. The topological polar surface area (TPSA) is 105 Å².